The van der Waals surface area contributed by atoms with Crippen LogP contribution >= 0.6 is 0 Å². The molecule has 2 aliphatic carbocycles. The monoisotopic (exact) mass is 468 g/mol. The van der Waals surface area contributed by atoms with Gasteiger partial charge in [0.05, 0.1) is 19.8 Å². The van der Waals surface area contributed by atoms with Crippen LogP contribution < -0.4 is 15.2 Å². The Bertz CT molecular complexity index is 1010. The normalized spacial score (nSPS) is 15.5. The van der Waals surface area contributed by atoms with E-state index in [0.717, 1.165) is 48.1 Å². The van der Waals surface area contributed by atoms with Crippen LogP contribution in [0.5, 0.6) is 11.8 Å². The summed E-state index contributed by atoms with van der Waals surface area (Å²) < 4.78 is 10.0. The van der Waals surface area contributed by atoms with Crippen LogP contribution in [-0.4, -0.2) is 59.8 Å². The summed E-state index contributed by atoms with van der Waals surface area (Å²) in [6.07, 6.45) is 11.2. The fourth-order valence-electron chi connectivity index (χ4n) is 3.16. The van der Waals surface area contributed by atoms with E-state index in [1.807, 2.05) is 24.0 Å². The second-order valence-electron chi connectivity index (χ2n) is 8.07. The van der Waals surface area contributed by atoms with Gasteiger partial charge in [-0.1, -0.05) is 12.7 Å². The van der Waals surface area contributed by atoms with Crippen LogP contribution in [0.25, 0.3) is 6.08 Å². The Hall–Kier alpha value is -3.55. The summed E-state index contributed by atoms with van der Waals surface area (Å²) in [7, 11) is 3.19. The van der Waals surface area contributed by atoms with E-state index in [4.69, 9.17) is 24.8 Å². The molecule has 5 rings (SSSR count). The lowest BCUT2D eigenvalue weighted by Gasteiger charge is -2.28. The zero-order valence-corrected chi connectivity index (χ0v) is 20.0. The second-order valence-corrected chi connectivity index (χ2v) is 8.07. The maximum Gasteiger partial charge on any atom is 0.373 e. The molecule has 2 fully saturated rings. The highest BCUT2D eigenvalue weighted by Crippen LogP contribution is 2.32. The van der Waals surface area contributed by atoms with E-state index in [1.54, 1.807) is 32.7 Å². The van der Waals surface area contributed by atoms with Gasteiger partial charge in [0.2, 0.25) is 11.8 Å². The highest BCUT2D eigenvalue weighted by atomic mass is 16.5. The number of ether oxygens (including phenoxy) is 2. The van der Waals surface area contributed by atoms with Gasteiger partial charge in [0.25, 0.3) is 5.91 Å². The summed E-state index contributed by atoms with van der Waals surface area (Å²) in [4.78, 5) is 38.5. The van der Waals surface area contributed by atoms with Gasteiger partial charge in [-0.3, -0.25) is 4.79 Å². The predicted molar refractivity (Wildman–Crippen MR) is 126 cm³/mol. The Labute approximate surface area is 200 Å². The first-order chi connectivity index (χ1) is 16.4. The molecule has 0 atom stereocenters. The molecule has 2 N–H and O–H groups in total. The largest absolute Gasteiger partial charge is 0.481 e. The highest BCUT2D eigenvalue weighted by Gasteiger charge is 2.36. The fraction of sp³-hybridized carbons (Fsp3) is 0.440. The van der Waals surface area contributed by atoms with E-state index in [9.17, 15) is 4.79 Å². The third kappa shape index (κ3) is 8.10. The van der Waals surface area contributed by atoms with Crippen molar-refractivity contribution in [1.82, 2.24) is 14.9 Å². The van der Waals surface area contributed by atoms with Gasteiger partial charge in [-0.05, 0) is 55.7 Å². The average Bonchev–Trinajstić information content (AvgIpc) is 3.78. The number of pyridine rings is 2. The number of nitrogens with zero attached hydrogens (tertiary/aromatic N) is 3. The Balaban J connectivity index is 0.000000196. The van der Waals surface area contributed by atoms with Crippen molar-refractivity contribution >= 4 is 18.1 Å². The number of methoxy groups -OCH3 is 2. The van der Waals surface area contributed by atoms with Crippen molar-refractivity contribution in [2.75, 3.05) is 20.8 Å². The summed E-state index contributed by atoms with van der Waals surface area (Å²) in [6.45, 7) is 6.51. The molecule has 0 unspecified atom stereocenters. The van der Waals surface area contributed by atoms with Crippen LogP contribution in [0.3, 0.4) is 0 Å². The Morgan fingerprint density at radius 2 is 1.65 bits per heavy atom. The van der Waals surface area contributed by atoms with Gasteiger partial charge in [-0.25, -0.2) is 9.97 Å². The number of aromatic nitrogens is 2. The van der Waals surface area contributed by atoms with E-state index >= 15 is 0 Å². The van der Waals surface area contributed by atoms with Crippen LogP contribution in [0.15, 0.2) is 31.1 Å². The van der Waals surface area contributed by atoms with E-state index < -0.39 is 0 Å². The fourth-order valence-corrected chi connectivity index (χ4v) is 3.16. The lowest BCUT2D eigenvalue weighted by Crippen LogP contribution is -2.39. The molecular formula is C25H32N4O5. The first-order valence-electron chi connectivity index (χ1n) is 11.1. The molecule has 1 aliphatic heterocycles. The third-order valence-electron chi connectivity index (χ3n) is 5.45. The summed E-state index contributed by atoms with van der Waals surface area (Å²) in [5.41, 5.74) is 9.21. The number of hydrogen-bond donors (Lipinski definition) is 1. The van der Waals surface area contributed by atoms with Crippen molar-refractivity contribution in [2.24, 2.45) is 5.73 Å². The zero-order chi connectivity index (χ0) is 25.1. The van der Waals surface area contributed by atoms with Crippen molar-refractivity contribution in [1.29, 1.82) is 0 Å². The number of fused-ring (bicyclic) bond motifs is 1. The third-order valence-corrected chi connectivity index (χ3v) is 5.45. The first kappa shape index (κ1) is 26.7. The maximum atomic E-state index is 12.1. The second kappa shape index (κ2) is 13.2. The van der Waals surface area contributed by atoms with Crippen LogP contribution in [0.1, 0.15) is 52.7 Å². The lowest BCUT2D eigenvalue weighted by molar-refractivity contribution is -0.191. The summed E-state index contributed by atoms with van der Waals surface area (Å²) >= 11 is 0. The molecule has 0 radical (unpaired) electrons. The first-order valence-corrected chi connectivity index (χ1v) is 11.1. The Morgan fingerprint density at radius 3 is 2.15 bits per heavy atom. The minimum Gasteiger partial charge on any atom is -0.481 e. The van der Waals surface area contributed by atoms with Crippen LogP contribution in [0.2, 0.25) is 0 Å². The number of aryl methyl sites for hydroxylation is 1. The molecule has 9 nitrogen and oxygen atoms in total. The van der Waals surface area contributed by atoms with Gasteiger partial charge in [0, 0.05) is 43.2 Å². The zero-order valence-electron chi connectivity index (χ0n) is 20.0. The summed E-state index contributed by atoms with van der Waals surface area (Å²) in [5, 5.41) is 0. The van der Waals surface area contributed by atoms with Crippen molar-refractivity contribution < 1.29 is 23.9 Å². The van der Waals surface area contributed by atoms with Crippen molar-refractivity contribution in [3.63, 3.8) is 0 Å². The van der Waals surface area contributed by atoms with E-state index in [-0.39, 0.29) is 12.1 Å². The summed E-state index contributed by atoms with van der Waals surface area (Å²) in [5.74, 6) is 1.36. The molecule has 34 heavy (non-hydrogen) atoms. The van der Waals surface area contributed by atoms with Crippen molar-refractivity contribution in [3.8, 4) is 11.8 Å². The Morgan fingerprint density at radius 1 is 1.09 bits per heavy atom. The molecule has 2 aromatic heterocycles. The quantitative estimate of drug-likeness (QED) is 0.726. The molecule has 0 saturated heterocycles. The number of amides is 1. The number of carbonyl (C=O) groups excluding carboxylic acids is 3. The van der Waals surface area contributed by atoms with Gasteiger partial charge in [0.1, 0.15) is 0 Å². The highest BCUT2D eigenvalue weighted by molar-refractivity contribution is 5.96. The molecule has 0 spiro atoms. The topological polar surface area (TPSA) is 125 Å². The minimum absolute atomic E-state index is 0.138. The summed E-state index contributed by atoms with van der Waals surface area (Å²) in [6, 6.07) is 4.81. The smallest absolute Gasteiger partial charge is 0.373 e. The van der Waals surface area contributed by atoms with Crippen LogP contribution in [-0.2, 0) is 16.0 Å². The maximum absolute atomic E-state index is 12.1. The standard InChI is InChI=1S/C12H14N2O2.C9H11NO.C3H7N.CO2/c1-16-11-6-8-4-5-14(9-2-3-9)12(15)10(8)7-13-11;1-4-8-5-9(11-3)10-6-7(8)2;4-3-1-2-3;2-1-3/h6-7,9H,2-5H2,1H3;4-6H,1H2,2-3H3;3H,1-2,4H2;. The molecule has 3 aliphatic rings. The van der Waals surface area contributed by atoms with E-state index in [1.165, 1.54) is 12.8 Å². The molecule has 1 amide bonds. The molecule has 0 bridgehead atoms. The molecule has 0 aromatic carbocycles. The van der Waals surface area contributed by atoms with Gasteiger partial charge in [-0.15, -0.1) is 0 Å². The van der Waals surface area contributed by atoms with Crippen LogP contribution in [0.4, 0.5) is 0 Å². The number of hydrogen-bond acceptors (Lipinski definition) is 8. The number of nitrogens with two attached hydrogens (primary N) is 1. The average molecular weight is 469 g/mol. The molecule has 9 heteroatoms. The van der Waals surface area contributed by atoms with Gasteiger partial charge in [0.15, 0.2) is 0 Å². The predicted octanol–water partition coefficient (Wildman–Crippen LogP) is 2.82. The number of carbonyl (C=O) groups is 1. The molecule has 3 heterocycles. The van der Waals surface area contributed by atoms with E-state index in [0.29, 0.717) is 23.8 Å². The van der Waals surface area contributed by atoms with Gasteiger partial charge >= 0.3 is 6.15 Å². The van der Waals surface area contributed by atoms with Crippen LogP contribution in [0, 0.1) is 6.92 Å². The van der Waals surface area contributed by atoms with E-state index in [2.05, 4.69) is 16.5 Å². The minimum atomic E-state index is 0.138. The Kier molecular flexibility index (Phi) is 10.4. The van der Waals surface area contributed by atoms with Crippen molar-refractivity contribution in [3.05, 3.63) is 53.4 Å². The molecule has 182 valence electrons. The van der Waals surface area contributed by atoms with Gasteiger partial charge in [-0.2, -0.15) is 9.59 Å². The molecule has 2 saturated carbocycles. The van der Waals surface area contributed by atoms with Crippen molar-refractivity contribution in [2.45, 2.75) is 51.1 Å². The molecule has 2 aromatic rings. The number of rotatable bonds is 4. The lowest BCUT2D eigenvalue weighted by atomic mass is 10.0. The van der Waals surface area contributed by atoms with Gasteiger partial charge < -0.3 is 20.1 Å². The molecular weight excluding hydrogens is 436 g/mol. The SMILES string of the molecule is C=Cc1cc(OC)ncc1C.COc1cc2c(cn1)C(=O)N(C1CC1)CC2.NC1CC1.O=C=O.